The first kappa shape index (κ1) is 16.4. The Bertz CT molecular complexity index is 541. The molecule has 21 heavy (non-hydrogen) atoms. The molecule has 0 saturated heterocycles. The van der Waals surface area contributed by atoms with Crippen molar-refractivity contribution in [3.05, 3.63) is 33.8 Å². The standard InChI is InChI=1S/C16H21BrN2OS/c1-10-9-12(17)7-8-13(10)16(20)19-14(15(18)21)11-5-3-2-4-6-11/h7-9,11,14H,2-6H2,1H3,(H2,18,21)(H,19,20). The fraction of sp³-hybridized carbons (Fsp3) is 0.500. The summed E-state index contributed by atoms with van der Waals surface area (Å²) in [5.74, 6) is 0.277. The van der Waals surface area contributed by atoms with Gasteiger partial charge in [0.05, 0.1) is 11.0 Å². The van der Waals surface area contributed by atoms with E-state index in [0.29, 0.717) is 16.5 Å². The van der Waals surface area contributed by atoms with Crippen LogP contribution in [0.1, 0.15) is 48.0 Å². The molecule has 1 aromatic rings. The molecule has 0 aromatic heterocycles. The second kappa shape index (κ2) is 7.36. The van der Waals surface area contributed by atoms with Gasteiger partial charge >= 0.3 is 0 Å². The van der Waals surface area contributed by atoms with Gasteiger partial charge in [-0.1, -0.05) is 47.4 Å². The summed E-state index contributed by atoms with van der Waals surface area (Å²) in [6.07, 6.45) is 5.82. The molecule has 1 saturated carbocycles. The molecule has 114 valence electrons. The zero-order chi connectivity index (χ0) is 15.4. The van der Waals surface area contributed by atoms with Gasteiger partial charge in [-0.3, -0.25) is 4.79 Å². The van der Waals surface area contributed by atoms with E-state index in [-0.39, 0.29) is 11.9 Å². The molecule has 0 radical (unpaired) electrons. The number of nitrogens with two attached hydrogens (primary N) is 1. The predicted octanol–water partition coefficient (Wildman–Crippen LogP) is 3.72. The van der Waals surface area contributed by atoms with Crippen molar-refractivity contribution in [2.75, 3.05) is 0 Å². The van der Waals surface area contributed by atoms with E-state index in [1.165, 1.54) is 19.3 Å². The van der Waals surface area contributed by atoms with Crippen LogP contribution in [0.4, 0.5) is 0 Å². The Morgan fingerprint density at radius 2 is 2.05 bits per heavy atom. The number of hydrogen-bond acceptors (Lipinski definition) is 2. The summed E-state index contributed by atoms with van der Waals surface area (Å²) in [6.45, 7) is 1.93. The van der Waals surface area contributed by atoms with Crippen LogP contribution in [0.15, 0.2) is 22.7 Å². The van der Waals surface area contributed by atoms with Crippen LogP contribution in [0.2, 0.25) is 0 Å². The van der Waals surface area contributed by atoms with Gasteiger partial charge in [0.2, 0.25) is 0 Å². The van der Waals surface area contributed by atoms with Crippen LogP contribution in [-0.2, 0) is 0 Å². The van der Waals surface area contributed by atoms with Crippen LogP contribution in [0.5, 0.6) is 0 Å². The van der Waals surface area contributed by atoms with E-state index in [1.807, 2.05) is 25.1 Å². The Labute approximate surface area is 139 Å². The maximum Gasteiger partial charge on any atom is 0.252 e. The molecule has 1 aliphatic carbocycles. The van der Waals surface area contributed by atoms with Gasteiger partial charge in [0.1, 0.15) is 0 Å². The highest BCUT2D eigenvalue weighted by Crippen LogP contribution is 2.27. The molecule has 1 atom stereocenters. The highest BCUT2D eigenvalue weighted by Gasteiger charge is 2.27. The van der Waals surface area contributed by atoms with Crippen molar-refractivity contribution in [1.82, 2.24) is 5.32 Å². The first-order valence-corrected chi connectivity index (χ1v) is 8.55. The lowest BCUT2D eigenvalue weighted by atomic mass is 9.83. The quantitative estimate of drug-likeness (QED) is 0.796. The van der Waals surface area contributed by atoms with Crippen LogP contribution in [0.25, 0.3) is 0 Å². The van der Waals surface area contributed by atoms with Gasteiger partial charge in [-0.25, -0.2) is 0 Å². The van der Waals surface area contributed by atoms with Gasteiger partial charge in [0, 0.05) is 10.0 Å². The largest absolute Gasteiger partial charge is 0.392 e. The van der Waals surface area contributed by atoms with Gasteiger partial charge in [-0.15, -0.1) is 0 Å². The minimum atomic E-state index is -0.198. The van der Waals surface area contributed by atoms with E-state index >= 15 is 0 Å². The van der Waals surface area contributed by atoms with Gasteiger partial charge < -0.3 is 11.1 Å². The summed E-state index contributed by atoms with van der Waals surface area (Å²) in [7, 11) is 0. The number of hydrogen-bond donors (Lipinski definition) is 2. The van der Waals surface area contributed by atoms with E-state index in [2.05, 4.69) is 21.2 Å². The van der Waals surface area contributed by atoms with E-state index in [9.17, 15) is 4.79 Å². The fourth-order valence-corrected chi connectivity index (χ4v) is 3.72. The van der Waals surface area contributed by atoms with Crippen LogP contribution in [-0.4, -0.2) is 16.9 Å². The molecule has 3 nitrogen and oxygen atoms in total. The topological polar surface area (TPSA) is 55.1 Å². The Balaban J connectivity index is 2.12. The molecule has 1 fully saturated rings. The third-order valence-electron chi connectivity index (χ3n) is 4.15. The number of benzene rings is 1. The number of nitrogens with one attached hydrogen (secondary N) is 1. The number of rotatable bonds is 4. The minimum Gasteiger partial charge on any atom is -0.392 e. The average Bonchev–Trinajstić information content (AvgIpc) is 2.45. The maximum absolute atomic E-state index is 12.5. The zero-order valence-corrected chi connectivity index (χ0v) is 14.6. The van der Waals surface area contributed by atoms with Crippen molar-refractivity contribution in [3.63, 3.8) is 0 Å². The molecule has 3 N–H and O–H groups in total. The lowest BCUT2D eigenvalue weighted by Crippen LogP contribution is -2.48. The van der Waals surface area contributed by atoms with E-state index in [4.69, 9.17) is 18.0 Å². The number of carbonyl (C=O) groups is 1. The number of amides is 1. The van der Waals surface area contributed by atoms with E-state index < -0.39 is 0 Å². The van der Waals surface area contributed by atoms with Crippen LogP contribution >= 0.6 is 28.1 Å². The predicted molar refractivity (Wildman–Crippen MR) is 93.5 cm³/mol. The highest BCUT2D eigenvalue weighted by atomic mass is 79.9. The third-order valence-corrected chi connectivity index (χ3v) is 4.89. The molecule has 0 heterocycles. The van der Waals surface area contributed by atoms with Crippen molar-refractivity contribution >= 4 is 39.0 Å². The molecular formula is C16H21BrN2OS. The normalized spacial score (nSPS) is 17.2. The second-order valence-corrected chi connectivity index (χ2v) is 7.10. The molecule has 0 aliphatic heterocycles. The summed E-state index contributed by atoms with van der Waals surface area (Å²) < 4.78 is 0.967. The molecule has 1 aromatic carbocycles. The van der Waals surface area contributed by atoms with Crippen molar-refractivity contribution in [2.45, 2.75) is 45.1 Å². The second-order valence-electron chi connectivity index (χ2n) is 5.71. The molecule has 1 amide bonds. The first-order chi connectivity index (χ1) is 9.99. The molecule has 5 heteroatoms. The Hall–Kier alpha value is -0.940. The average molecular weight is 369 g/mol. The molecule has 1 aliphatic rings. The highest BCUT2D eigenvalue weighted by molar-refractivity contribution is 9.10. The first-order valence-electron chi connectivity index (χ1n) is 7.35. The Morgan fingerprint density at radius 1 is 1.38 bits per heavy atom. The fourth-order valence-electron chi connectivity index (χ4n) is 2.99. The van der Waals surface area contributed by atoms with Crippen LogP contribution in [0.3, 0.4) is 0 Å². The van der Waals surface area contributed by atoms with Crippen LogP contribution < -0.4 is 11.1 Å². The van der Waals surface area contributed by atoms with Crippen LogP contribution in [0, 0.1) is 12.8 Å². The lowest BCUT2D eigenvalue weighted by molar-refractivity contribution is 0.0931. The summed E-state index contributed by atoms with van der Waals surface area (Å²) in [4.78, 5) is 12.9. The summed E-state index contributed by atoms with van der Waals surface area (Å²) in [6, 6.07) is 5.44. The monoisotopic (exact) mass is 368 g/mol. The van der Waals surface area contributed by atoms with Crippen molar-refractivity contribution in [2.24, 2.45) is 11.7 Å². The zero-order valence-electron chi connectivity index (χ0n) is 12.2. The summed E-state index contributed by atoms with van der Waals surface area (Å²) in [5, 5.41) is 3.04. The number of aryl methyl sites for hydroxylation is 1. The Kier molecular flexibility index (Phi) is 5.76. The molecule has 2 rings (SSSR count). The minimum absolute atomic E-state index is 0.0941. The van der Waals surface area contributed by atoms with Crippen molar-refractivity contribution in [3.8, 4) is 0 Å². The summed E-state index contributed by atoms with van der Waals surface area (Å²) in [5.41, 5.74) is 7.48. The smallest absolute Gasteiger partial charge is 0.252 e. The molecule has 1 unspecified atom stereocenters. The van der Waals surface area contributed by atoms with E-state index in [1.54, 1.807) is 0 Å². The van der Waals surface area contributed by atoms with Gasteiger partial charge in [0.25, 0.3) is 5.91 Å². The van der Waals surface area contributed by atoms with Gasteiger partial charge in [-0.05, 0) is 49.4 Å². The number of carbonyl (C=O) groups excluding carboxylic acids is 1. The Morgan fingerprint density at radius 3 is 2.62 bits per heavy atom. The van der Waals surface area contributed by atoms with Crippen molar-refractivity contribution in [1.29, 1.82) is 0 Å². The molecule has 0 bridgehead atoms. The number of halogens is 1. The molecule has 0 spiro atoms. The van der Waals surface area contributed by atoms with E-state index in [0.717, 1.165) is 22.9 Å². The maximum atomic E-state index is 12.5. The van der Waals surface area contributed by atoms with Gasteiger partial charge in [-0.2, -0.15) is 0 Å². The SMILES string of the molecule is Cc1cc(Br)ccc1C(=O)NC(C(N)=S)C1CCCCC1. The lowest BCUT2D eigenvalue weighted by Gasteiger charge is -2.30. The summed E-state index contributed by atoms with van der Waals surface area (Å²) >= 11 is 8.58. The number of thiocarbonyl (C=S) groups is 1. The van der Waals surface area contributed by atoms with Gasteiger partial charge in [0.15, 0.2) is 0 Å². The van der Waals surface area contributed by atoms with Crippen molar-refractivity contribution < 1.29 is 4.79 Å². The molecular weight excluding hydrogens is 348 g/mol. The third kappa shape index (κ3) is 4.27.